The molecular weight excluding hydrogens is 621 g/mol. The maximum absolute atomic E-state index is 5.63. The molecule has 0 unspecified atom stereocenters. The van der Waals surface area contributed by atoms with Crippen molar-refractivity contribution in [3.8, 4) is 11.5 Å². The quantitative estimate of drug-likeness (QED) is 0.142. The van der Waals surface area contributed by atoms with Gasteiger partial charge < -0.3 is 29.9 Å². The first kappa shape index (κ1) is 31.7. The Balaban J connectivity index is 1.25. The Morgan fingerprint density at radius 1 is 0.520 bits per heavy atom. The van der Waals surface area contributed by atoms with Gasteiger partial charge in [0.15, 0.2) is 0 Å². The van der Waals surface area contributed by atoms with Crippen LogP contribution in [0.1, 0.15) is 48.9 Å². The molecule has 2 aliphatic heterocycles. The van der Waals surface area contributed by atoms with E-state index in [2.05, 4.69) is 105 Å². The number of rotatable bonds is 11. The van der Waals surface area contributed by atoms with Crippen LogP contribution in [0.5, 0.6) is 11.5 Å². The summed E-state index contributed by atoms with van der Waals surface area (Å²) in [5.41, 5.74) is 6.52. The molecular formula is C42H44N6O2. The number of pyridine rings is 2. The van der Waals surface area contributed by atoms with E-state index in [1.54, 1.807) is 14.2 Å². The summed E-state index contributed by atoms with van der Waals surface area (Å²) in [6, 6.07) is 37.8. The Hall–Kier alpha value is -5.50. The second-order valence-corrected chi connectivity index (χ2v) is 13.3. The zero-order valence-corrected chi connectivity index (χ0v) is 28.8. The van der Waals surface area contributed by atoms with E-state index in [1.807, 2.05) is 24.3 Å². The standard InChI is InChI=1S/C42H44N6O2/c1-49-31-17-19-33-35(25-31)43-39(27-37(33)47-21-9-10-22-47)45-41(29-13-5-3-6-14-29)42(30-15-7-4-8-16-30)46-40-28-38(48-23-11-12-24-48)34-20-18-32(50-2)26-36(34)44-40/h3-8,13-20,25-28,41-42H,9-12,21-24H2,1-2H3,(H,43,45)(H,44,46)/t41-,42-/m1/s1. The van der Waals surface area contributed by atoms with Crippen LogP contribution in [0.25, 0.3) is 21.8 Å². The third-order valence-electron chi connectivity index (χ3n) is 10.1. The Morgan fingerprint density at radius 3 is 1.30 bits per heavy atom. The summed E-state index contributed by atoms with van der Waals surface area (Å²) in [6.07, 6.45) is 4.78. The molecule has 0 radical (unpaired) electrons. The van der Waals surface area contributed by atoms with Gasteiger partial charge in [-0.25, -0.2) is 9.97 Å². The molecule has 2 saturated heterocycles. The van der Waals surface area contributed by atoms with Gasteiger partial charge in [-0.05, 0) is 61.1 Å². The van der Waals surface area contributed by atoms with E-state index in [0.717, 1.165) is 82.2 Å². The normalized spacial score (nSPS) is 15.7. The Labute approximate surface area is 294 Å². The second-order valence-electron chi connectivity index (χ2n) is 13.3. The number of methoxy groups -OCH3 is 2. The van der Waals surface area contributed by atoms with Crippen molar-refractivity contribution in [3.05, 3.63) is 120 Å². The fourth-order valence-corrected chi connectivity index (χ4v) is 7.58. The fraction of sp³-hybridized carbons (Fsp3) is 0.286. The molecule has 254 valence electrons. The van der Waals surface area contributed by atoms with Crippen LogP contribution in [-0.4, -0.2) is 50.4 Å². The lowest BCUT2D eigenvalue weighted by atomic mass is 9.93. The molecule has 8 nitrogen and oxygen atoms in total. The minimum atomic E-state index is -0.196. The van der Waals surface area contributed by atoms with E-state index in [0.29, 0.717) is 0 Å². The average molecular weight is 665 g/mol. The molecule has 0 amide bonds. The molecule has 2 aromatic heterocycles. The molecule has 6 aromatic rings. The van der Waals surface area contributed by atoms with Crippen LogP contribution in [0.15, 0.2) is 109 Å². The number of anilines is 4. The zero-order chi connectivity index (χ0) is 33.9. The summed E-state index contributed by atoms with van der Waals surface area (Å²) in [7, 11) is 3.41. The highest BCUT2D eigenvalue weighted by Crippen LogP contribution is 2.40. The van der Waals surface area contributed by atoms with Crippen LogP contribution in [0.4, 0.5) is 23.0 Å². The molecule has 50 heavy (non-hydrogen) atoms. The molecule has 2 atom stereocenters. The minimum Gasteiger partial charge on any atom is -0.497 e. The molecule has 0 bridgehead atoms. The smallest absolute Gasteiger partial charge is 0.129 e. The maximum atomic E-state index is 5.63. The van der Waals surface area contributed by atoms with Crippen LogP contribution in [0.3, 0.4) is 0 Å². The summed E-state index contributed by atoms with van der Waals surface area (Å²) in [5, 5.41) is 10.1. The first-order valence-corrected chi connectivity index (χ1v) is 17.8. The van der Waals surface area contributed by atoms with Crippen LogP contribution < -0.4 is 29.9 Å². The predicted octanol–water partition coefficient (Wildman–Crippen LogP) is 9.01. The van der Waals surface area contributed by atoms with E-state index < -0.39 is 0 Å². The third kappa shape index (κ3) is 6.45. The highest BCUT2D eigenvalue weighted by Gasteiger charge is 2.28. The lowest BCUT2D eigenvalue weighted by Gasteiger charge is -2.32. The van der Waals surface area contributed by atoms with Crippen molar-refractivity contribution in [1.29, 1.82) is 0 Å². The van der Waals surface area contributed by atoms with Gasteiger partial charge in [-0.15, -0.1) is 0 Å². The van der Waals surface area contributed by atoms with E-state index >= 15 is 0 Å². The van der Waals surface area contributed by atoms with Gasteiger partial charge in [0.2, 0.25) is 0 Å². The highest BCUT2D eigenvalue weighted by atomic mass is 16.5. The molecule has 0 aliphatic carbocycles. The van der Waals surface area contributed by atoms with Gasteiger partial charge in [-0.1, -0.05) is 60.7 Å². The molecule has 2 fully saturated rings. The lowest BCUT2D eigenvalue weighted by Crippen LogP contribution is -2.27. The summed E-state index contributed by atoms with van der Waals surface area (Å²) >= 11 is 0. The first-order chi connectivity index (χ1) is 24.7. The van der Waals surface area contributed by atoms with E-state index in [4.69, 9.17) is 19.4 Å². The number of nitrogens with zero attached hydrogens (tertiary/aromatic N) is 4. The van der Waals surface area contributed by atoms with Gasteiger partial charge >= 0.3 is 0 Å². The average Bonchev–Trinajstić information content (AvgIpc) is 3.92. The van der Waals surface area contributed by atoms with Crippen molar-refractivity contribution < 1.29 is 9.47 Å². The van der Waals surface area contributed by atoms with Crippen molar-refractivity contribution in [1.82, 2.24) is 9.97 Å². The van der Waals surface area contributed by atoms with Crippen LogP contribution in [-0.2, 0) is 0 Å². The fourth-order valence-electron chi connectivity index (χ4n) is 7.58. The number of aromatic nitrogens is 2. The topological polar surface area (TPSA) is 74.8 Å². The monoisotopic (exact) mass is 664 g/mol. The van der Waals surface area contributed by atoms with Crippen LogP contribution in [0.2, 0.25) is 0 Å². The van der Waals surface area contributed by atoms with Gasteiger partial charge in [-0.3, -0.25) is 0 Å². The molecule has 2 N–H and O–H groups in total. The molecule has 4 aromatic carbocycles. The summed E-state index contributed by atoms with van der Waals surface area (Å²) in [5.74, 6) is 3.23. The van der Waals surface area contributed by atoms with Crippen LogP contribution in [0, 0.1) is 0 Å². The summed E-state index contributed by atoms with van der Waals surface area (Å²) in [4.78, 5) is 15.4. The third-order valence-corrected chi connectivity index (χ3v) is 10.1. The van der Waals surface area contributed by atoms with Crippen molar-refractivity contribution in [2.75, 3.05) is 60.8 Å². The maximum Gasteiger partial charge on any atom is 0.129 e. The van der Waals surface area contributed by atoms with Crippen LogP contribution >= 0.6 is 0 Å². The van der Waals surface area contributed by atoms with Gasteiger partial charge in [-0.2, -0.15) is 0 Å². The molecule has 0 saturated carbocycles. The highest BCUT2D eigenvalue weighted by molar-refractivity contribution is 5.95. The number of fused-ring (bicyclic) bond motifs is 2. The molecule has 0 spiro atoms. The van der Waals surface area contributed by atoms with Crippen molar-refractivity contribution in [2.24, 2.45) is 0 Å². The summed E-state index contributed by atoms with van der Waals surface area (Å²) < 4.78 is 11.3. The number of benzene rings is 4. The Bertz CT molecular complexity index is 1930. The number of hydrogen-bond acceptors (Lipinski definition) is 8. The SMILES string of the molecule is COc1ccc2c(N3CCCC3)cc(N[C@H](c3ccccc3)[C@H](Nc3cc(N4CCCC4)c4ccc(OC)cc4n3)c3ccccc3)nc2c1. The predicted molar refractivity (Wildman–Crippen MR) is 205 cm³/mol. The molecule has 8 heteroatoms. The lowest BCUT2D eigenvalue weighted by molar-refractivity contribution is 0.415. The number of nitrogens with one attached hydrogen (secondary N) is 2. The molecule has 8 rings (SSSR count). The summed E-state index contributed by atoms with van der Waals surface area (Å²) in [6.45, 7) is 4.16. The van der Waals surface area contributed by atoms with Gasteiger partial charge in [0, 0.05) is 72.6 Å². The Morgan fingerprint density at radius 2 is 0.920 bits per heavy atom. The van der Waals surface area contributed by atoms with Crippen molar-refractivity contribution >= 4 is 44.8 Å². The Kier molecular flexibility index (Phi) is 8.99. The van der Waals surface area contributed by atoms with Gasteiger partial charge in [0.1, 0.15) is 23.1 Å². The number of hydrogen-bond donors (Lipinski definition) is 2. The zero-order valence-electron chi connectivity index (χ0n) is 28.8. The molecule has 2 aliphatic rings. The van der Waals surface area contributed by atoms with E-state index in [9.17, 15) is 0 Å². The van der Waals surface area contributed by atoms with Gasteiger partial charge in [0.05, 0.1) is 37.3 Å². The van der Waals surface area contributed by atoms with Crippen molar-refractivity contribution in [3.63, 3.8) is 0 Å². The van der Waals surface area contributed by atoms with Gasteiger partial charge in [0.25, 0.3) is 0 Å². The minimum absolute atomic E-state index is 0.196. The molecule has 4 heterocycles. The van der Waals surface area contributed by atoms with E-state index in [-0.39, 0.29) is 12.1 Å². The number of ether oxygens (including phenoxy) is 2. The van der Waals surface area contributed by atoms with E-state index in [1.165, 1.54) is 37.1 Å². The van der Waals surface area contributed by atoms with Crippen molar-refractivity contribution in [2.45, 2.75) is 37.8 Å². The largest absolute Gasteiger partial charge is 0.497 e. The first-order valence-electron chi connectivity index (χ1n) is 17.8. The second kappa shape index (κ2) is 14.2.